The van der Waals surface area contributed by atoms with Gasteiger partial charge in [-0.3, -0.25) is 0 Å². The molecule has 0 saturated carbocycles. The highest BCUT2D eigenvalue weighted by molar-refractivity contribution is 5.46. The molecule has 0 fully saturated rings. The lowest BCUT2D eigenvalue weighted by molar-refractivity contribution is -0.141. The van der Waals surface area contributed by atoms with Crippen LogP contribution in [0.5, 0.6) is 0 Å². The van der Waals surface area contributed by atoms with Crippen molar-refractivity contribution in [3.8, 4) is 0 Å². The fourth-order valence-corrected chi connectivity index (χ4v) is 2.60. The van der Waals surface area contributed by atoms with Gasteiger partial charge in [0.05, 0.1) is 12.4 Å². The Morgan fingerprint density at radius 3 is 2.95 bits per heavy atom. The standard InChI is InChI=1S/C12H10F3N7/c13-12(14,15)9-2-10(22-11(20-9)17-5-18-22)19-7-1-8-3-16-6-21(8)4-7/h2-3,5-7,19H,1,4H2/t7-/m1/s1. The van der Waals surface area contributed by atoms with Gasteiger partial charge in [-0.05, 0) is 0 Å². The monoisotopic (exact) mass is 309 g/mol. The lowest BCUT2D eigenvalue weighted by Gasteiger charge is -2.15. The largest absolute Gasteiger partial charge is 0.433 e. The third kappa shape index (κ3) is 2.07. The summed E-state index contributed by atoms with van der Waals surface area (Å²) in [5, 5.41) is 7.00. The van der Waals surface area contributed by atoms with E-state index in [1.807, 2.05) is 4.57 Å². The number of aromatic nitrogens is 6. The van der Waals surface area contributed by atoms with Gasteiger partial charge >= 0.3 is 6.18 Å². The number of nitrogens with one attached hydrogen (secondary N) is 1. The minimum Gasteiger partial charge on any atom is -0.365 e. The zero-order valence-electron chi connectivity index (χ0n) is 11.1. The molecule has 0 bridgehead atoms. The summed E-state index contributed by atoms with van der Waals surface area (Å²) >= 11 is 0. The second-order valence-electron chi connectivity index (χ2n) is 5.08. The first-order valence-corrected chi connectivity index (χ1v) is 6.54. The van der Waals surface area contributed by atoms with E-state index in [2.05, 4.69) is 25.4 Å². The molecule has 0 saturated heterocycles. The summed E-state index contributed by atoms with van der Waals surface area (Å²) in [6.07, 6.45) is 0.779. The molecule has 4 heterocycles. The number of alkyl halides is 3. The van der Waals surface area contributed by atoms with Crippen molar-refractivity contribution in [3.05, 3.63) is 36.3 Å². The Labute approximate surface area is 121 Å². The Morgan fingerprint density at radius 2 is 2.18 bits per heavy atom. The van der Waals surface area contributed by atoms with Gasteiger partial charge in [-0.1, -0.05) is 0 Å². The SMILES string of the molecule is FC(F)(F)c1cc(N[C@@H]2Cc3cncn3C2)n2ncnc2n1. The highest BCUT2D eigenvalue weighted by atomic mass is 19.4. The minimum absolute atomic E-state index is 0.0334. The summed E-state index contributed by atoms with van der Waals surface area (Å²) in [6.45, 7) is 0.634. The van der Waals surface area contributed by atoms with Crippen molar-refractivity contribution in [2.24, 2.45) is 0 Å². The van der Waals surface area contributed by atoms with Gasteiger partial charge in [-0.2, -0.15) is 27.8 Å². The van der Waals surface area contributed by atoms with Crippen LogP contribution < -0.4 is 5.32 Å². The maximum atomic E-state index is 12.9. The number of fused-ring (bicyclic) bond motifs is 2. The lowest BCUT2D eigenvalue weighted by atomic mass is 10.2. The maximum Gasteiger partial charge on any atom is 0.433 e. The predicted molar refractivity (Wildman–Crippen MR) is 69.1 cm³/mol. The highest BCUT2D eigenvalue weighted by Gasteiger charge is 2.34. The van der Waals surface area contributed by atoms with E-state index in [0.29, 0.717) is 13.0 Å². The van der Waals surface area contributed by atoms with Gasteiger partial charge in [0.15, 0.2) is 5.69 Å². The van der Waals surface area contributed by atoms with Crippen molar-refractivity contribution in [1.82, 2.24) is 29.1 Å². The summed E-state index contributed by atoms with van der Waals surface area (Å²) in [6, 6.07) is 0.919. The van der Waals surface area contributed by atoms with Crippen LogP contribution in [0.15, 0.2) is 24.9 Å². The van der Waals surface area contributed by atoms with Crippen LogP contribution in [-0.4, -0.2) is 35.2 Å². The number of imidazole rings is 1. The third-order valence-corrected chi connectivity index (χ3v) is 3.57. The summed E-state index contributed by atoms with van der Waals surface area (Å²) < 4.78 is 42.0. The molecule has 3 aromatic heterocycles. The van der Waals surface area contributed by atoms with Crippen LogP contribution in [0.25, 0.3) is 5.78 Å². The van der Waals surface area contributed by atoms with E-state index in [4.69, 9.17) is 0 Å². The first kappa shape index (κ1) is 13.0. The van der Waals surface area contributed by atoms with Crippen molar-refractivity contribution in [1.29, 1.82) is 0 Å². The fourth-order valence-electron chi connectivity index (χ4n) is 2.60. The van der Waals surface area contributed by atoms with Crippen LogP contribution in [0.1, 0.15) is 11.4 Å². The van der Waals surface area contributed by atoms with Crippen LogP contribution in [-0.2, 0) is 19.1 Å². The van der Waals surface area contributed by atoms with E-state index in [-0.39, 0.29) is 17.6 Å². The van der Waals surface area contributed by atoms with E-state index in [9.17, 15) is 13.2 Å². The van der Waals surface area contributed by atoms with Crippen molar-refractivity contribution >= 4 is 11.6 Å². The normalized spacial score (nSPS) is 17.9. The maximum absolute atomic E-state index is 12.9. The topological polar surface area (TPSA) is 72.9 Å². The van der Waals surface area contributed by atoms with Gasteiger partial charge in [0, 0.05) is 30.9 Å². The number of hydrogen-bond acceptors (Lipinski definition) is 5. The molecule has 1 atom stereocenters. The van der Waals surface area contributed by atoms with E-state index >= 15 is 0 Å². The molecule has 4 rings (SSSR count). The Bertz CT molecular complexity index is 814. The van der Waals surface area contributed by atoms with Crippen molar-refractivity contribution < 1.29 is 13.2 Å². The van der Waals surface area contributed by atoms with E-state index in [1.54, 1.807) is 12.5 Å². The molecule has 22 heavy (non-hydrogen) atoms. The van der Waals surface area contributed by atoms with Crippen LogP contribution in [0, 0.1) is 0 Å². The molecule has 1 N–H and O–H groups in total. The summed E-state index contributed by atoms with van der Waals surface area (Å²) in [5.41, 5.74) is 0.0483. The smallest absolute Gasteiger partial charge is 0.365 e. The van der Waals surface area contributed by atoms with Gasteiger partial charge in [0.25, 0.3) is 5.78 Å². The average Bonchev–Trinajstić information content (AvgIpc) is 3.10. The molecule has 3 aromatic rings. The van der Waals surface area contributed by atoms with E-state index in [1.165, 1.54) is 10.8 Å². The van der Waals surface area contributed by atoms with Crippen molar-refractivity contribution in [3.63, 3.8) is 0 Å². The number of anilines is 1. The Kier molecular flexibility index (Phi) is 2.62. The molecule has 0 radical (unpaired) electrons. The van der Waals surface area contributed by atoms with Gasteiger partial charge in [-0.15, -0.1) is 0 Å². The summed E-state index contributed by atoms with van der Waals surface area (Å²) in [5.74, 6) is 0.134. The molecule has 0 unspecified atom stereocenters. The number of rotatable bonds is 2. The Balaban J connectivity index is 1.69. The van der Waals surface area contributed by atoms with Crippen LogP contribution >= 0.6 is 0 Å². The third-order valence-electron chi connectivity index (χ3n) is 3.57. The van der Waals surface area contributed by atoms with Gasteiger partial charge in [0.2, 0.25) is 0 Å². The number of halogens is 3. The summed E-state index contributed by atoms with van der Waals surface area (Å²) in [4.78, 5) is 11.2. The molecule has 1 aliphatic rings. The van der Waals surface area contributed by atoms with Crippen LogP contribution in [0.3, 0.4) is 0 Å². The Hall–Kier alpha value is -2.65. The van der Waals surface area contributed by atoms with E-state index in [0.717, 1.165) is 11.8 Å². The summed E-state index contributed by atoms with van der Waals surface area (Å²) in [7, 11) is 0. The number of hydrogen-bond donors (Lipinski definition) is 1. The first-order chi connectivity index (χ1) is 10.5. The molecule has 10 heteroatoms. The molecule has 0 aliphatic carbocycles. The van der Waals surface area contributed by atoms with Crippen LogP contribution in [0.2, 0.25) is 0 Å². The lowest BCUT2D eigenvalue weighted by Crippen LogP contribution is -2.23. The minimum atomic E-state index is -4.53. The zero-order chi connectivity index (χ0) is 15.3. The second kappa shape index (κ2) is 4.42. The van der Waals surface area contributed by atoms with Gasteiger partial charge < -0.3 is 9.88 Å². The predicted octanol–water partition coefficient (Wildman–Crippen LogP) is 1.38. The molecular weight excluding hydrogens is 299 g/mol. The number of nitrogens with zero attached hydrogens (tertiary/aromatic N) is 6. The van der Waals surface area contributed by atoms with Crippen LogP contribution in [0.4, 0.5) is 19.0 Å². The zero-order valence-corrected chi connectivity index (χ0v) is 11.1. The molecule has 0 aromatic carbocycles. The quantitative estimate of drug-likeness (QED) is 0.774. The Morgan fingerprint density at radius 1 is 1.32 bits per heavy atom. The second-order valence-corrected chi connectivity index (χ2v) is 5.08. The molecule has 114 valence electrons. The first-order valence-electron chi connectivity index (χ1n) is 6.54. The highest BCUT2D eigenvalue weighted by Crippen LogP contribution is 2.30. The molecule has 7 nitrogen and oxygen atoms in total. The van der Waals surface area contributed by atoms with Gasteiger partial charge in [-0.25, -0.2) is 9.97 Å². The molecular formula is C12H10F3N7. The molecule has 0 amide bonds. The van der Waals surface area contributed by atoms with Crippen molar-refractivity contribution in [2.45, 2.75) is 25.2 Å². The molecule has 1 aliphatic heterocycles. The van der Waals surface area contributed by atoms with Gasteiger partial charge in [0.1, 0.15) is 12.1 Å². The average molecular weight is 309 g/mol. The van der Waals surface area contributed by atoms with E-state index < -0.39 is 11.9 Å². The fraction of sp³-hybridized carbons (Fsp3) is 0.333. The van der Waals surface area contributed by atoms with Crippen molar-refractivity contribution in [2.75, 3.05) is 5.32 Å². The molecule has 0 spiro atoms.